The van der Waals surface area contributed by atoms with Crippen molar-refractivity contribution < 1.29 is 4.79 Å². The fourth-order valence-electron chi connectivity index (χ4n) is 2.54. The normalized spacial score (nSPS) is 16.1. The second-order valence-electron chi connectivity index (χ2n) is 5.23. The molecule has 0 radical (unpaired) electrons. The number of amides is 1. The first-order valence-electron chi connectivity index (χ1n) is 7.46. The molecule has 0 saturated carbocycles. The monoisotopic (exact) mass is 292 g/mol. The van der Waals surface area contributed by atoms with E-state index in [1.54, 1.807) is 11.8 Å². The minimum Gasteiger partial charge on any atom is -0.342 e. The van der Waals surface area contributed by atoms with Gasteiger partial charge in [-0.3, -0.25) is 4.79 Å². The number of nitrogens with zero attached hydrogens (tertiary/aromatic N) is 1. The summed E-state index contributed by atoms with van der Waals surface area (Å²) in [6.07, 6.45) is 2.38. The molecule has 0 aromatic heterocycles. The van der Waals surface area contributed by atoms with Gasteiger partial charge in [-0.2, -0.15) is 0 Å². The Bertz CT molecular complexity index is 404. The van der Waals surface area contributed by atoms with Crippen LogP contribution in [0.5, 0.6) is 0 Å². The Hall–Kier alpha value is -1.00. The van der Waals surface area contributed by atoms with Crippen LogP contribution in [-0.4, -0.2) is 42.7 Å². The van der Waals surface area contributed by atoms with Gasteiger partial charge in [-0.25, -0.2) is 0 Å². The van der Waals surface area contributed by atoms with Gasteiger partial charge in [0.1, 0.15) is 0 Å². The second-order valence-corrected chi connectivity index (χ2v) is 6.28. The molecule has 0 spiro atoms. The fraction of sp³-hybridized carbons (Fsp3) is 0.562. The maximum Gasteiger partial charge on any atom is 0.232 e. The molecule has 20 heavy (non-hydrogen) atoms. The largest absolute Gasteiger partial charge is 0.342 e. The summed E-state index contributed by atoms with van der Waals surface area (Å²) in [6.45, 7) is 6.00. The van der Waals surface area contributed by atoms with Crippen molar-refractivity contribution in [2.75, 3.05) is 31.9 Å². The Balaban J connectivity index is 1.79. The number of piperidine rings is 1. The first-order valence-corrected chi connectivity index (χ1v) is 8.44. The van der Waals surface area contributed by atoms with Crippen molar-refractivity contribution in [2.24, 2.45) is 5.92 Å². The van der Waals surface area contributed by atoms with E-state index in [-0.39, 0.29) is 5.91 Å². The Morgan fingerprint density at radius 3 is 2.65 bits per heavy atom. The molecule has 110 valence electrons. The zero-order valence-electron chi connectivity index (χ0n) is 12.2. The molecule has 0 aliphatic carbocycles. The van der Waals surface area contributed by atoms with Gasteiger partial charge in [0.15, 0.2) is 0 Å². The van der Waals surface area contributed by atoms with E-state index in [1.165, 1.54) is 17.7 Å². The van der Waals surface area contributed by atoms with E-state index in [0.717, 1.165) is 26.2 Å². The van der Waals surface area contributed by atoms with Crippen LogP contribution in [0.15, 0.2) is 35.2 Å². The lowest BCUT2D eigenvalue weighted by molar-refractivity contribution is -0.128. The van der Waals surface area contributed by atoms with E-state index < -0.39 is 0 Å². The van der Waals surface area contributed by atoms with Crippen LogP contribution in [0.25, 0.3) is 0 Å². The molecule has 3 nitrogen and oxygen atoms in total. The van der Waals surface area contributed by atoms with E-state index in [4.69, 9.17) is 0 Å². The lowest BCUT2D eigenvalue weighted by Gasteiger charge is -2.29. The Kier molecular flexibility index (Phi) is 6.40. The predicted molar refractivity (Wildman–Crippen MR) is 85.0 cm³/mol. The van der Waals surface area contributed by atoms with Crippen LogP contribution in [0.2, 0.25) is 0 Å². The molecule has 1 aromatic rings. The van der Waals surface area contributed by atoms with Gasteiger partial charge in [0.05, 0.1) is 5.75 Å². The van der Waals surface area contributed by atoms with Gasteiger partial charge in [-0.15, -0.1) is 11.8 Å². The van der Waals surface area contributed by atoms with E-state index in [0.29, 0.717) is 11.7 Å². The molecular weight excluding hydrogens is 268 g/mol. The van der Waals surface area contributed by atoms with Crippen LogP contribution in [0.3, 0.4) is 0 Å². The van der Waals surface area contributed by atoms with Gasteiger partial charge < -0.3 is 10.2 Å². The van der Waals surface area contributed by atoms with Crippen LogP contribution in [0.4, 0.5) is 0 Å². The number of rotatable bonds is 6. The first kappa shape index (κ1) is 15.4. The number of carbonyl (C=O) groups excluding carboxylic acids is 1. The van der Waals surface area contributed by atoms with Gasteiger partial charge in [0.25, 0.3) is 0 Å². The quantitative estimate of drug-likeness (QED) is 0.818. The molecule has 1 N–H and O–H groups in total. The molecule has 1 aliphatic rings. The highest BCUT2D eigenvalue weighted by molar-refractivity contribution is 8.00. The summed E-state index contributed by atoms with van der Waals surface area (Å²) in [7, 11) is 0. The molecular formula is C16H24N2OS. The molecule has 2 rings (SSSR count). The third-order valence-electron chi connectivity index (χ3n) is 3.78. The van der Waals surface area contributed by atoms with Crippen LogP contribution < -0.4 is 5.32 Å². The molecule has 1 saturated heterocycles. The van der Waals surface area contributed by atoms with Crippen LogP contribution in [-0.2, 0) is 4.79 Å². The Morgan fingerprint density at radius 1 is 1.30 bits per heavy atom. The average Bonchev–Trinajstić information content (AvgIpc) is 2.52. The highest BCUT2D eigenvalue weighted by Gasteiger charge is 2.19. The lowest BCUT2D eigenvalue weighted by atomic mass is 9.97. The van der Waals surface area contributed by atoms with Crippen molar-refractivity contribution in [3.63, 3.8) is 0 Å². The topological polar surface area (TPSA) is 32.3 Å². The van der Waals surface area contributed by atoms with Gasteiger partial charge >= 0.3 is 0 Å². The van der Waals surface area contributed by atoms with Crippen molar-refractivity contribution >= 4 is 17.7 Å². The number of benzene rings is 1. The van der Waals surface area contributed by atoms with E-state index >= 15 is 0 Å². The second kappa shape index (κ2) is 8.32. The lowest BCUT2D eigenvalue weighted by Crippen LogP contribution is -2.40. The molecule has 0 unspecified atom stereocenters. The SMILES string of the molecule is CCN(CC1CCNCC1)C(=O)CSc1ccccc1. The molecule has 0 atom stereocenters. The summed E-state index contributed by atoms with van der Waals surface area (Å²) in [5.41, 5.74) is 0. The zero-order chi connectivity index (χ0) is 14.2. The van der Waals surface area contributed by atoms with E-state index in [1.807, 2.05) is 23.1 Å². The number of carbonyl (C=O) groups is 1. The highest BCUT2D eigenvalue weighted by Crippen LogP contribution is 2.19. The Labute approximate surface area is 126 Å². The number of nitrogens with one attached hydrogen (secondary N) is 1. The van der Waals surface area contributed by atoms with Crippen LogP contribution in [0.1, 0.15) is 19.8 Å². The van der Waals surface area contributed by atoms with Crippen molar-refractivity contribution in [3.05, 3.63) is 30.3 Å². The summed E-state index contributed by atoms with van der Waals surface area (Å²) in [5, 5.41) is 3.37. The third-order valence-corrected chi connectivity index (χ3v) is 4.77. The van der Waals surface area contributed by atoms with Crippen molar-refractivity contribution in [2.45, 2.75) is 24.7 Å². The third kappa shape index (κ3) is 4.84. The van der Waals surface area contributed by atoms with Gasteiger partial charge in [0, 0.05) is 18.0 Å². The summed E-state index contributed by atoms with van der Waals surface area (Å²) >= 11 is 1.63. The average molecular weight is 292 g/mol. The fourth-order valence-corrected chi connectivity index (χ4v) is 3.36. The number of hydrogen-bond acceptors (Lipinski definition) is 3. The van der Waals surface area contributed by atoms with Crippen molar-refractivity contribution in [3.8, 4) is 0 Å². The van der Waals surface area contributed by atoms with Crippen molar-refractivity contribution in [1.29, 1.82) is 0 Å². The molecule has 0 bridgehead atoms. The standard InChI is InChI=1S/C16H24N2OS/c1-2-18(12-14-8-10-17-11-9-14)16(19)13-20-15-6-4-3-5-7-15/h3-7,14,17H,2,8-13H2,1H3. The van der Waals surface area contributed by atoms with Gasteiger partial charge in [-0.1, -0.05) is 18.2 Å². The molecule has 1 fully saturated rings. The van der Waals surface area contributed by atoms with Crippen LogP contribution >= 0.6 is 11.8 Å². The smallest absolute Gasteiger partial charge is 0.232 e. The zero-order valence-corrected chi connectivity index (χ0v) is 13.0. The van der Waals surface area contributed by atoms with E-state index in [2.05, 4.69) is 24.4 Å². The maximum absolute atomic E-state index is 12.3. The van der Waals surface area contributed by atoms with Crippen LogP contribution in [0, 0.1) is 5.92 Å². The molecule has 1 aromatic carbocycles. The minimum absolute atomic E-state index is 0.264. The predicted octanol–water partition coefficient (Wildman–Crippen LogP) is 2.63. The first-order chi connectivity index (χ1) is 9.79. The number of thioether (sulfide) groups is 1. The van der Waals surface area contributed by atoms with Gasteiger partial charge in [-0.05, 0) is 50.9 Å². The number of hydrogen-bond donors (Lipinski definition) is 1. The molecule has 1 heterocycles. The van der Waals surface area contributed by atoms with Crippen molar-refractivity contribution in [1.82, 2.24) is 10.2 Å². The summed E-state index contributed by atoms with van der Waals surface area (Å²) in [5.74, 6) is 1.48. The summed E-state index contributed by atoms with van der Waals surface area (Å²) in [4.78, 5) is 15.5. The highest BCUT2D eigenvalue weighted by atomic mass is 32.2. The Morgan fingerprint density at radius 2 is 2.00 bits per heavy atom. The van der Waals surface area contributed by atoms with E-state index in [9.17, 15) is 4.79 Å². The molecule has 1 aliphatic heterocycles. The minimum atomic E-state index is 0.264. The molecule has 4 heteroatoms. The molecule has 1 amide bonds. The maximum atomic E-state index is 12.3. The summed E-state index contributed by atoms with van der Waals surface area (Å²) < 4.78 is 0. The summed E-state index contributed by atoms with van der Waals surface area (Å²) in [6, 6.07) is 10.1. The van der Waals surface area contributed by atoms with Gasteiger partial charge in [0.2, 0.25) is 5.91 Å².